The zero-order chi connectivity index (χ0) is 22.3. The number of nitrogens with zero attached hydrogens (tertiary/aromatic N) is 1. The van der Waals surface area contributed by atoms with Crippen molar-refractivity contribution in [1.29, 1.82) is 0 Å². The highest BCUT2D eigenvalue weighted by atomic mass is 32.2. The van der Waals surface area contributed by atoms with Crippen LogP contribution in [-0.4, -0.2) is 32.7 Å². The molecule has 1 atom stereocenters. The van der Waals surface area contributed by atoms with Crippen LogP contribution >= 0.6 is 0 Å². The number of carbonyl (C=O) groups is 1. The van der Waals surface area contributed by atoms with Crippen LogP contribution in [0, 0.1) is 18.6 Å². The molecule has 30 heavy (non-hydrogen) atoms. The Labute approximate surface area is 174 Å². The minimum absolute atomic E-state index is 0.391. The summed E-state index contributed by atoms with van der Waals surface area (Å²) in [6, 6.07) is 7.75. The van der Waals surface area contributed by atoms with E-state index in [1.165, 1.54) is 0 Å². The monoisotopic (exact) mass is 438 g/mol. The second-order valence-electron chi connectivity index (χ2n) is 8.09. The molecule has 162 valence electrons. The summed E-state index contributed by atoms with van der Waals surface area (Å²) in [6.45, 7) is 5.07. The van der Waals surface area contributed by atoms with E-state index in [0.717, 1.165) is 29.5 Å². The van der Waals surface area contributed by atoms with E-state index in [0.29, 0.717) is 22.5 Å². The highest BCUT2D eigenvalue weighted by molar-refractivity contribution is 7.92. The van der Waals surface area contributed by atoms with Gasteiger partial charge in [0, 0.05) is 18.1 Å². The van der Waals surface area contributed by atoms with Crippen LogP contribution in [0.1, 0.15) is 37.4 Å². The SMILES string of the molecule is Cc1ccc2c(c1)C(NC(=O)CN(c1ccc(F)cc1F)S(C)(=O)=O)CC(C)(C)O2. The molecule has 0 spiro atoms. The van der Waals surface area contributed by atoms with Gasteiger partial charge in [-0.1, -0.05) is 17.7 Å². The molecule has 1 aliphatic heterocycles. The van der Waals surface area contributed by atoms with Crippen molar-refractivity contribution in [2.45, 2.75) is 38.8 Å². The molecule has 1 amide bonds. The summed E-state index contributed by atoms with van der Waals surface area (Å²) < 4.78 is 58.4. The van der Waals surface area contributed by atoms with Crippen molar-refractivity contribution in [3.8, 4) is 5.75 Å². The van der Waals surface area contributed by atoms with Gasteiger partial charge in [0.05, 0.1) is 18.0 Å². The van der Waals surface area contributed by atoms with Gasteiger partial charge in [-0.05, 0) is 39.0 Å². The van der Waals surface area contributed by atoms with Gasteiger partial charge in [0.15, 0.2) is 0 Å². The van der Waals surface area contributed by atoms with Crippen LogP contribution in [0.4, 0.5) is 14.5 Å². The Morgan fingerprint density at radius 1 is 1.23 bits per heavy atom. The van der Waals surface area contributed by atoms with E-state index in [2.05, 4.69) is 5.32 Å². The number of aryl methyl sites for hydroxylation is 1. The average molecular weight is 438 g/mol. The van der Waals surface area contributed by atoms with Crippen LogP contribution in [0.3, 0.4) is 0 Å². The van der Waals surface area contributed by atoms with Crippen LogP contribution in [0.15, 0.2) is 36.4 Å². The molecule has 9 heteroatoms. The van der Waals surface area contributed by atoms with Crippen LogP contribution in [0.2, 0.25) is 0 Å². The zero-order valence-electron chi connectivity index (χ0n) is 17.2. The quantitative estimate of drug-likeness (QED) is 0.776. The standard InChI is InChI=1S/C21H24F2N2O4S/c1-13-5-8-19-15(9-13)17(11-21(2,3)29-19)24-20(26)12-25(30(4,27)28)18-7-6-14(22)10-16(18)23/h5-10,17H,11-12H2,1-4H3,(H,24,26). The maximum Gasteiger partial charge on any atom is 0.241 e. The Kier molecular flexibility index (Phi) is 5.77. The third-order valence-electron chi connectivity index (χ3n) is 4.82. The van der Waals surface area contributed by atoms with E-state index in [1.54, 1.807) is 0 Å². The smallest absolute Gasteiger partial charge is 0.241 e. The number of amides is 1. The fourth-order valence-corrected chi connectivity index (χ4v) is 4.39. The number of carbonyl (C=O) groups excluding carboxylic acids is 1. The molecule has 1 aliphatic rings. The normalized spacial score (nSPS) is 17.6. The van der Waals surface area contributed by atoms with Crippen molar-refractivity contribution in [3.05, 3.63) is 59.2 Å². The molecule has 2 aromatic rings. The highest BCUT2D eigenvalue weighted by Gasteiger charge is 2.35. The lowest BCUT2D eigenvalue weighted by atomic mass is 9.89. The number of anilines is 1. The summed E-state index contributed by atoms with van der Waals surface area (Å²) in [5, 5.41) is 2.84. The van der Waals surface area contributed by atoms with Crippen molar-refractivity contribution >= 4 is 21.6 Å². The fraction of sp³-hybridized carbons (Fsp3) is 0.381. The number of sulfonamides is 1. The number of nitrogens with one attached hydrogen (secondary N) is 1. The number of hydrogen-bond acceptors (Lipinski definition) is 4. The van der Waals surface area contributed by atoms with Gasteiger partial charge in [-0.2, -0.15) is 0 Å². The summed E-state index contributed by atoms with van der Waals surface area (Å²) in [5.74, 6) is -1.88. The Hall–Kier alpha value is -2.68. The predicted molar refractivity (Wildman–Crippen MR) is 110 cm³/mol. The summed E-state index contributed by atoms with van der Waals surface area (Å²) >= 11 is 0. The molecule has 0 radical (unpaired) electrons. The summed E-state index contributed by atoms with van der Waals surface area (Å²) in [6.07, 6.45) is 1.33. The van der Waals surface area contributed by atoms with Crippen molar-refractivity contribution in [1.82, 2.24) is 5.32 Å². The molecule has 0 aromatic heterocycles. The van der Waals surface area contributed by atoms with E-state index < -0.39 is 51.4 Å². The topological polar surface area (TPSA) is 75.7 Å². The van der Waals surface area contributed by atoms with Gasteiger partial charge in [0.1, 0.15) is 29.5 Å². The van der Waals surface area contributed by atoms with Crippen molar-refractivity contribution in [3.63, 3.8) is 0 Å². The molecule has 0 fully saturated rings. The maximum atomic E-state index is 14.2. The fourth-order valence-electron chi connectivity index (χ4n) is 3.54. The lowest BCUT2D eigenvalue weighted by Gasteiger charge is -2.38. The van der Waals surface area contributed by atoms with Gasteiger partial charge in [0.2, 0.25) is 15.9 Å². The minimum atomic E-state index is -3.99. The van der Waals surface area contributed by atoms with Crippen molar-refractivity contribution in [2.75, 3.05) is 17.1 Å². The van der Waals surface area contributed by atoms with Crippen LogP contribution < -0.4 is 14.4 Å². The summed E-state index contributed by atoms with van der Waals surface area (Å²) in [5.41, 5.74) is 0.848. The number of hydrogen-bond donors (Lipinski definition) is 1. The first kappa shape index (κ1) is 22.0. The highest BCUT2D eigenvalue weighted by Crippen LogP contribution is 2.39. The molecule has 1 heterocycles. The van der Waals surface area contributed by atoms with E-state index in [4.69, 9.17) is 4.74 Å². The summed E-state index contributed by atoms with van der Waals surface area (Å²) in [7, 11) is -3.99. The number of rotatable bonds is 5. The van der Waals surface area contributed by atoms with Crippen LogP contribution in [-0.2, 0) is 14.8 Å². The Balaban J connectivity index is 1.87. The zero-order valence-corrected chi connectivity index (χ0v) is 18.0. The van der Waals surface area contributed by atoms with Gasteiger partial charge in [-0.15, -0.1) is 0 Å². The van der Waals surface area contributed by atoms with E-state index in [-0.39, 0.29) is 0 Å². The predicted octanol–water partition coefficient (Wildman–Crippen LogP) is 3.46. The van der Waals surface area contributed by atoms with Gasteiger partial charge >= 0.3 is 0 Å². The average Bonchev–Trinajstić information content (AvgIpc) is 2.59. The minimum Gasteiger partial charge on any atom is -0.487 e. The second-order valence-corrected chi connectivity index (χ2v) is 10.00. The molecule has 0 bridgehead atoms. The molecule has 2 aromatic carbocycles. The lowest BCUT2D eigenvalue weighted by molar-refractivity contribution is -0.120. The van der Waals surface area contributed by atoms with E-state index in [1.807, 2.05) is 39.0 Å². The van der Waals surface area contributed by atoms with E-state index >= 15 is 0 Å². The third-order valence-corrected chi connectivity index (χ3v) is 5.95. The van der Waals surface area contributed by atoms with Crippen molar-refractivity contribution < 1.29 is 26.7 Å². The molecular weight excluding hydrogens is 414 g/mol. The van der Waals surface area contributed by atoms with Gasteiger partial charge < -0.3 is 10.1 Å². The van der Waals surface area contributed by atoms with Crippen LogP contribution in [0.5, 0.6) is 5.75 Å². The first-order valence-electron chi connectivity index (χ1n) is 9.37. The Morgan fingerprint density at radius 2 is 1.93 bits per heavy atom. The van der Waals surface area contributed by atoms with Gasteiger partial charge in [0.25, 0.3) is 0 Å². The van der Waals surface area contributed by atoms with Crippen molar-refractivity contribution in [2.24, 2.45) is 0 Å². The van der Waals surface area contributed by atoms with E-state index in [9.17, 15) is 22.0 Å². The molecular formula is C21H24F2N2O4S. The van der Waals surface area contributed by atoms with Crippen LogP contribution in [0.25, 0.3) is 0 Å². The molecule has 0 saturated heterocycles. The Bertz CT molecular complexity index is 1090. The first-order chi connectivity index (χ1) is 13.9. The maximum absolute atomic E-state index is 14.2. The molecule has 1 N–H and O–H groups in total. The molecule has 6 nitrogen and oxygen atoms in total. The molecule has 3 rings (SSSR count). The second kappa shape index (κ2) is 7.86. The molecule has 0 saturated carbocycles. The number of halogens is 2. The van der Waals surface area contributed by atoms with Gasteiger partial charge in [-0.25, -0.2) is 17.2 Å². The lowest BCUT2D eigenvalue weighted by Crippen LogP contribution is -2.45. The summed E-state index contributed by atoms with van der Waals surface area (Å²) in [4.78, 5) is 12.8. The third kappa shape index (κ3) is 4.89. The first-order valence-corrected chi connectivity index (χ1v) is 11.2. The largest absolute Gasteiger partial charge is 0.487 e. The number of ether oxygens (including phenoxy) is 1. The number of fused-ring (bicyclic) bond motifs is 1. The molecule has 0 aliphatic carbocycles. The Morgan fingerprint density at radius 3 is 2.57 bits per heavy atom. The number of benzene rings is 2. The molecule has 1 unspecified atom stereocenters. The van der Waals surface area contributed by atoms with Gasteiger partial charge in [-0.3, -0.25) is 9.10 Å².